The highest BCUT2D eigenvalue weighted by Gasteiger charge is 2.33. The lowest BCUT2D eigenvalue weighted by Crippen LogP contribution is -2.31. The Morgan fingerprint density at radius 1 is 1.10 bits per heavy atom. The van der Waals surface area contributed by atoms with Crippen LogP contribution in [0, 0.1) is 13.8 Å². The summed E-state index contributed by atoms with van der Waals surface area (Å²) in [4.78, 5) is 17.8. The summed E-state index contributed by atoms with van der Waals surface area (Å²) in [6.07, 6.45) is 1.51. The fourth-order valence-electron chi connectivity index (χ4n) is 3.83. The minimum absolute atomic E-state index is 0.146. The van der Waals surface area contributed by atoms with E-state index in [0.29, 0.717) is 17.4 Å². The van der Waals surface area contributed by atoms with E-state index in [9.17, 15) is 4.79 Å². The molecule has 0 aliphatic carbocycles. The molecule has 1 unspecified atom stereocenters. The van der Waals surface area contributed by atoms with Gasteiger partial charge in [-0.1, -0.05) is 50.2 Å². The summed E-state index contributed by atoms with van der Waals surface area (Å²) < 4.78 is 1.77. The van der Waals surface area contributed by atoms with E-state index >= 15 is 0 Å². The monoisotopic (exact) mass is 401 g/mol. The van der Waals surface area contributed by atoms with E-state index in [-0.39, 0.29) is 11.9 Å². The summed E-state index contributed by atoms with van der Waals surface area (Å²) in [5.74, 6) is 0.930. The summed E-state index contributed by atoms with van der Waals surface area (Å²) in [5.41, 5.74) is 6.68. The number of anilines is 2. The topological polar surface area (TPSA) is 71.8 Å². The molecule has 154 valence electrons. The third-order valence-corrected chi connectivity index (χ3v) is 5.81. The van der Waals surface area contributed by atoms with Crippen LogP contribution in [-0.2, 0) is 4.79 Å². The lowest BCUT2D eigenvalue weighted by molar-refractivity contribution is -0.113. The molecule has 6 heteroatoms. The Morgan fingerprint density at radius 3 is 2.53 bits per heavy atom. The van der Waals surface area contributed by atoms with Gasteiger partial charge in [-0.2, -0.15) is 10.1 Å². The predicted octanol–water partition coefficient (Wildman–Crippen LogP) is 4.95. The lowest BCUT2D eigenvalue weighted by atomic mass is 9.92. The summed E-state index contributed by atoms with van der Waals surface area (Å²) in [6.45, 7) is 10.3. The number of benzene rings is 2. The first-order valence-electron chi connectivity index (χ1n) is 10.2. The van der Waals surface area contributed by atoms with Crippen LogP contribution in [0.5, 0.6) is 0 Å². The largest absolute Gasteiger partial charge is 0.328 e. The first-order valence-corrected chi connectivity index (χ1v) is 10.2. The third-order valence-electron chi connectivity index (χ3n) is 5.81. The normalized spacial score (nSPS) is 15.7. The van der Waals surface area contributed by atoms with Crippen molar-refractivity contribution in [2.45, 2.75) is 46.6 Å². The maximum absolute atomic E-state index is 13.5. The van der Waals surface area contributed by atoms with Crippen molar-refractivity contribution in [2.24, 2.45) is 0 Å². The van der Waals surface area contributed by atoms with E-state index in [2.05, 4.69) is 58.8 Å². The van der Waals surface area contributed by atoms with Crippen molar-refractivity contribution in [2.75, 3.05) is 10.6 Å². The van der Waals surface area contributed by atoms with Gasteiger partial charge >= 0.3 is 0 Å². The van der Waals surface area contributed by atoms with Gasteiger partial charge in [-0.15, -0.1) is 0 Å². The average Bonchev–Trinajstić information content (AvgIpc) is 3.18. The van der Waals surface area contributed by atoms with Gasteiger partial charge in [-0.25, -0.2) is 4.68 Å². The molecule has 1 atom stereocenters. The lowest BCUT2D eigenvalue weighted by Gasteiger charge is -2.29. The number of nitrogens with one attached hydrogen (secondary N) is 2. The second-order valence-corrected chi connectivity index (χ2v) is 8.12. The highest BCUT2D eigenvalue weighted by atomic mass is 16.1. The number of aromatic nitrogens is 3. The molecule has 2 N–H and O–H groups in total. The van der Waals surface area contributed by atoms with Crippen molar-refractivity contribution in [3.63, 3.8) is 0 Å². The van der Waals surface area contributed by atoms with Crippen molar-refractivity contribution < 1.29 is 4.79 Å². The molecule has 30 heavy (non-hydrogen) atoms. The van der Waals surface area contributed by atoms with Gasteiger partial charge in [0.15, 0.2) is 0 Å². The quantitative estimate of drug-likeness (QED) is 0.649. The second-order valence-electron chi connectivity index (χ2n) is 8.12. The SMILES string of the molecule is CC1=C(C(=O)Nc2cccc(C)c2C)C(c2ccc(C(C)C)cc2)n2ncnc2N1. The molecule has 1 aromatic heterocycles. The molecule has 6 nitrogen and oxygen atoms in total. The van der Waals surface area contributed by atoms with Gasteiger partial charge in [0, 0.05) is 11.4 Å². The smallest absolute Gasteiger partial charge is 0.255 e. The summed E-state index contributed by atoms with van der Waals surface area (Å²) in [5, 5.41) is 10.7. The van der Waals surface area contributed by atoms with Crippen LogP contribution in [0.15, 0.2) is 60.1 Å². The van der Waals surface area contributed by atoms with Crippen molar-refractivity contribution >= 4 is 17.5 Å². The Balaban J connectivity index is 1.75. The molecule has 1 amide bonds. The molecule has 0 fully saturated rings. The number of hydrogen-bond acceptors (Lipinski definition) is 4. The molecule has 1 aliphatic heterocycles. The number of amides is 1. The molecular weight excluding hydrogens is 374 g/mol. The highest BCUT2D eigenvalue weighted by molar-refractivity contribution is 6.06. The number of allylic oxidation sites excluding steroid dienone is 1. The molecule has 0 bridgehead atoms. The van der Waals surface area contributed by atoms with Crippen molar-refractivity contribution in [1.29, 1.82) is 0 Å². The fraction of sp³-hybridized carbons (Fsp3) is 0.292. The molecule has 0 saturated heterocycles. The first-order chi connectivity index (χ1) is 14.4. The van der Waals surface area contributed by atoms with Gasteiger partial charge in [0.1, 0.15) is 12.4 Å². The number of carbonyl (C=O) groups is 1. The zero-order chi connectivity index (χ0) is 21.4. The van der Waals surface area contributed by atoms with Gasteiger partial charge < -0.3 is 10.6 Å². The van der Waals surface area contributed by atoms with Crippen LogP contribution in [0.2, 0.25) is 0 Å². The second kappa shape index (κ2) is 7.78. The highest BCUT2D eigenvalue weighted by Crippen LogP contribution is 2.36. The minimum atomic E-state index is -0.352. The summed E-state index contributed by atoms with van der Waals surface area (Å²) in [7, 11) is 0. The zero-order valence-electron chi connectivity index (χ0n) is 18.0. The Bertz CT molecular complexity index is 1120. The fourth-order valence-corrected chi connectivity index (χ4v) is 3.83. The number of fused-ring (bicyclic) bond motifs is 1. The molecular formula is C24H27N5O. The van der Waals surface area contributed by atoms with Crippen molar-refractivity contribution in [3.05, 3.63) is 82.3 Å². The van der Waals surface area contributed by atoms with Crippen LogP contribution in [-0.4, -0.2) is 20.7 Å². The maximum Gasteiger partial charge on any atom is 0.255 e. The molecule has 2 aromatic carbocycles. The summed E-state index contributed by atoms with van der Waals surface area (Å²) >= 11 is 0. The maximum atomic E-state index is 13.5. The number of hydrogen-bond donors (Lipinski definition) is 2. The molecule has 0 spiro atoms. The third kappa shape index (κ3) is 3.49. The molecule has 0 radical (unpaired) electrons. The van der Waals surface area contributed by atoms with Crippen LogP contribution in [0.3, 0.4) is 0 Å². The molecule has 0 saturated carbocycles. The Labute approximate surface area is 177 Å². The van der Waals surface area contributed by atoms with Crippen LogP contribution in [0.25, 0.3) is 0 Å². The standard InChI is InChI=1S/C24H27N5O/c1-14(2)18-9-11-19(12-10-18)22-21(17(5)27-24-25-13-26-29(22)24)23(30)28-20-8-6-7-15(3)16(20)4/h6-14,22H,1-5H3,(H,28,30)(H,25,26,27). The van der Waals surface area contributed by atoms with Gasteiger partial charge in [-0.05, 0) is 55.0 Å². The van der Waals surface area contributed by atoms with Gasteiger partial charge in [0.05, 0.1) is 5.57 Å². The number of rotatable bonds is 4. The van der Waals surface area contributed by atoms with Gasteiger partial charge in [0.2, 0.25) is 5.95 Å². The number of aryl methyl sites for hydroxylation is 1. The van der Waals surface area contributed by atoms with Crippen LogP contribution < -0.4 is 10.6 Å². The van der Waals surface area contributed by atoms with Crippen LogP contribution >= 0.6 is 0 Å². The van der Waals surface area contributed by atoms with E-state index in [4.69, 9.17) is 0 Å². The molecule has 2 heterocycles. The number of nitrogens with zero attached hydrogens (tertiary/aromatic N) is 3. The number of carbonyl (C=O) groups excluding carboxylic acids is 1. The molecule has 3 aromatic rings. The summed E-state index contributed by atoms with van der Waals surface area (Å²) in [6, 6.07) is 14.0. The van der Waals surface area contributed by atoms with Gasteiger partial charge in [-0.3, -0.25) is 4.79 Å². The van der Waals surface area contributed by atoms with E-state index in [0.717, 1.165) is 28.1 Å². The van der Waals surface area contributed by atoms with E-state index < -0.39 is 0 Å². The van der Waals surface area contributed by atoms with Crippen LogP contribution in [0.4, 0.5) is 11.6 Å². The van der Waals surface area contributed by atoms with E-state index in [1.54, 1.807) is 4.68 Å². The average molecular weight is 402 g/mol. The van der Waals surface area contributed by atoms with Crippen molar-refractivity contribution in [3.8, 4) is 0 Å². The minimum Gasteiger partial charge on any atom is -0.328 e. The van der Waals surface area contributed by atoms with Gasteiger partial charge in [0.25, 0.3) is 5.91 Å². The zero-order valence-corrected chi connectivity index (χ0v) is 18.0. The predicted molar refractivity (Wildman–Crippen MR) is 120 cm³/mol. The Hall–Kier alpha value is -3.41. The van der Waals surface area contributed by atoms with E-state index in [1.165, 1.54) is 11.9 Å². The van der Waals surface area contributed by atoms with E-state index in [1.807, 2.05) is 39.0 Å². The first kappa shape index (κ1) is 19.9. The van der Waals surface area contributed by atoms with Crippen molar-refractivity contribution in [1.82, 2.24) is 14.8 Å². The van der Waals surface area contributed by atoms with Crippen LogP contribution in [0.1, 0.15) is 55.0 Å². The molecule has 1 aliphatic rings. The Morgan fingerprint density at radius 2 is 1.83 bits per heavy atom. The Kier molecular flexibility index (Phi) is 5.16. The molecule has 4 rings (SSSR count).